The molecule has 1 unspecified atom stereocenters. The molecule has 1 aliphatic rings. The maximum atomic E-state index is 13.1. The average molecular weight is 239 g/mol. The van der Waals surface area contributed by atoms with E-state index in [0.717, 1.165) is 6.42 Å². The van der Waals surface area contributed by atoms with Gasteiger partial charge < -0.3 is 15.2 Å². The van der Waals surface area contributed by atoms with Crippen molar-refractivity contribution in [3.63, 3.8) is 0 Å². The van der Waals surface area contributed by atoms with Gasteiger partial charge in [-0.2, -0.15) is 0 Å². The molecule has 0 amide bonds. The second-order valence-electron chi connectivity index (χ2n) is 4.03. The second kappa shape index (κ2) is 5.14. The third kappa shape index (κ3) is 2.74. The van der Waals surface area contributed by atoms with E-state index in [-0.39, 0.29) is 23.8 Å². The highest BCUT2D eigenvalue weighted by Gasteiger charge is 2.19. The first-order valence-electron chi connectivity index (χ1n) is 5.47. The normalized spacial score (nSPS) is 19.2. The average Bonchev–Trinajstić information content (AvgIpc) is 2.82. The van der Waals surface area contributed by atoms with Gasteiger partial charge in [0.15, 0.2) is 0 Å². The molecule has 0 aromatic heterocycles. The van der Waals surface area contributed by atoms with E-state index < -0.39 is 11.8 Å². The Labute approximate surface area is 98.5 Å². The Morgan fingerprint density at radius 1 is 1.59 bits per heavy atom. The molecule has 0 bridgehead atoms. The summed E-state index contributed by atoms with van der Waals surface area (Å²) in [7, 11) is 0. The summed E-state index contributed by atoms with van der Waals surface area (Å²) in [5, 5.41) is 0. The van der Waals surface area contributed by atoms with Gasteiger partial charge in [0.1, 0.15) is 5.82 Å². The summed E-state index contributed by atoms with van der Waals surface area (Å²) in [4.78, 5) is 11.7. The van der Waals surface area contributed by atoms with E-state index in [4.69, 9.17) is 15.2 Å². The summed E-state index contributed by atoms with van der Waals surface area (Å²) in [6.07, 6.45) is 0.881. The first-order chi connectivity index (χ1) is 8.18. The fraction of sp³-hybridized carbons (Fsp3) is 0.417. The first-order valence-corrected chi connectivity index (χ1v) is 5.47. The number of hydrogen-bond donors (Lipinski definition) is 1. The third-order valence-electron chi connectivity index (χ3n) is 2.75. The van der Waals surface area contributed by atoms with Crippen molar-refractivity contribution in [2.45, 2.75) is 6.42 Å². The number of carbonyl (C=O) groups is 1. The van der Waals surface area contributed by atoms with E-state index in [0.29, 0.717) is 13.2 Å². The van der Waals surface area contributed by atoms with Crippen LogP contribution in [0.2, 0.25) is 0 Å². The number of benzene rings is 1. The summed E-state index contributed by atoms with van der Waals surface area (Å²) in [5.74, 6) is -0.966. The van der Waals surface area contributed by atoms with Crippen LogP contribution in [0.3, 0.4) is 0 Å². The highest BCUT2D eigenvalue weighted by atomic mass is 19.1. The number of para-hydroxylation sites is 1. The second-order valence-corrected chi connectivity index (χ2v) is 4.03. The summed E-state index contributed by atoms with van der Waals surface area (Å²) in [5.41, 5.74) is 5.37. The minimum atomic E-state index is -0.608. The van der Waals surface area contributed by atoms with Crippen molar-refractivity contribution < 1.29 is 18.7 Å². The van der Waals surface area contributed by atoms with Gasteiger partial charge in [0.25, 0.3) is 0 Å². The standard InChI is InChI=1S/C12H14FNO3/c13-10-3-1-2-9(11(10)14)12(15)17-7-8-4-5-16-6-8/h1-3,8H,4-7,14H2. The van der Waals surface area contributed by atoms with Gasteiger partial charge in [-0.15, -0.1) is 0 Å². The molecule has 1 atom stereocenters. The molecule has 92 valence electrons. The van der Waals surface area contributed by atoms with Crippen LogP contribution in [0.5, 0.6) is 0 Å². The summed E-state index contributed by atoms with van der Waals surface area (Å²) < 4.78 is 23.4. The lowest BCUT2D eigenvalue weighted by Gasteiger charge is -2.10. The lowest BCUT2D eigenvalue weighted by molar-refractivity contribution is 0.0429. The van der Waals surface area contributed by atoms with Crippen molar-refractivity contribution in [3.8, 4) is 0 Å². The van der Waals surface area contributed by atoms with E-state index >= 15 is 0 Å². The fourth-order valence-corrected chi connectivity index (χ4v) is 1.70. The van der Waals surface area contributed by atoms with E-state index in [2.05, 4.69) is 0 Å². The Hall–Kier alpha value is -1.62. The van der Waals surface area contributed by atoms with Gasteiger partial charge in [-0.05, 0) is 18.6 Å². The zero-order valence-corrected chi connectivity index (χ0v) is 9.32. The number of ether oxygens (including phenoxy) is 2. The van der Waals surface area contributed by atoms with Crippen molar-refractivity contribution in [2.24, 2.45) is 5.92 Å². The van der Waals surface area contributed by atoms with Gasteiger partial charge in [-0.1, -0.05) is 6.07 Å². The number of rotatable bonds is 3. The third-order valence-corrected chi connectivity index (χ3v) is 2.75. The molecule has 1 aromatic rings. The Morgan fingerprint density at radius 2 is 2.41 bits per heavy atom. The van der Waals surface area contributed by atoms with Crippen molar-refractivity contribution in [3.05, 3.63) is 29.6 Å². The molecule has 1 aliphatic heterocycles. The predicted molar refractivity (Wildman–Crippen MR) is 60.0 cm³/mol. The molecule has 2 N–H and O–H groups in total. The topological polar surface area (TPSA) is 61.6 Å². The lowest BCUT2D eigenvalue weighted by atomic mass is 10.1. The Balaban J connectivity index is 1.97. The Kier molecular flexibility index (Phi) is 3.58. The van der Waals surface area contributed by atoms with Gasteiger partial charge >= 0.3 is 5.97 Å². The molecular formula is C12H14FNO3. The fourth-order valence-electron chi connectivity index (χ4n) is 1.70. The summed E-state index contributed by atoms with van der Waals surface area (Å²) in [6, 6.07) is 4.09. The molecule has 0 saturated carbocycles. The van der Waals surface area contributed by atoms with Crippen molar-refractivity contribution in [1.29, 1.82) is 0 Å². The van der Waals surface area contributed by atoms with Crippen LogP contribution in [0, 0.1) is 11.7 Å². The van der Waals surface area contributed by atoms with Crippen LogP contribution < -0.4 is 5.73 Å². The molecule has 0 spiro atoms. The van der Waals surface area contributed by atoms with E-state index in [9.17, 15) is 9.18 Å². The Morgan fingerprint density at radius 3 is 3.12 bits per heavy atom. The molecule has 2 rings (SSSR count). The van der Waals surface area contributed by atoms with Gasteiger partial charge in [0.2, 0.25) is 0 Å². The smallest absolute Gasteiger partial charge is 0.340 e. The molecule has 1 aromatic carbocycles. The molecule has 17 heavy (non-hydrogen) atoms. The summed E-state index contributed by atoms with van der Waals surface area (Å²) >= 11 is 0. The van der Waals surface area contributed by atoms with Gasteiger partial charge in [0, 0.05) is 12.5 Å². The van der Waals surface area contributed by atoms with Crippen LogP contribution >= 0.6 is 0 Å². The van der Waals surface area contributed by atoms with E-state index in [1.54, 1.807) is 0 Å². The lowest BCUT2D eigenvalue weighted by Crippen LogP contribution is -2.15. The molecule has 1 fully saturated rings. The van der Waals surface area contributed by atoms with Gasteiger partial charge in [0.05, 0.1) is 24.5 Å². The number of esters is 1. The zero-order valence-electron chi connectivity index (χ0n) is 9.32. The van der Waals surface area contributed by atoms with Crippen LogP contribution in [0.4, 0.5) is 10.1 Å². The molecule has 0 radical (unpaired) electrons. The molecule has 1 saturated heterocycles. The zero-order chi connectivity index (χ0) is 12.3. The molecule has 5 heteroatoms. The van der Waals surface area contributed by atoms with Crippen molar-refractivity contribution in [1.82, 2.24) is 0 Å². The maximum Gasteiger partial charge on any atom is 0.340 e. The highest BCUT2D eigenvalue weighted by Crippen LogP contribution is 2.18. The minimum absolute atomic E-state index is 0.0731. The van der Waals surface area contributed by atoms with E-state index in [1.165, 1.54) is 18.2 Å². The minimum Gasteiger partial charge on any atom is -0.462 e. The monoisotopic (exact) mass is 239 g/mol. The van der Waals surface area contributed by atoms with E-state index in [1.807, 2.05) is 0 Å². The highest BCUT2D eigenvalue weighted by molar-refractivity contribution is 5.95. The van der Waals surface area contributed by atoms with Crippen molar-refractivity contribution in [2.75, 3.05) is 25.6 Å². The maximum absolute atomic E-state index is 13.1. The van der Waals surface area contributed by atoms with Crippen LogP contribution in [0.1, 0.15) is 16.8 Å². The molecule has 4 nitrogen and oxygen atoms in total. The van der Waals surface area contributed by atoms with Crippen LogP contribution in [0.25, 0.3) is 0 Å². The number of nitrogen functional groups attached to an aromatic ring is 1. The predicted octanol–water partition coefficient (Wildman–Crippen LogP) is 1.60. The number of nitrogens with two attached hydrogens (primary N) is 1. The molecular weight excluding hydrogens is 225 g/mol. The largest absolute Gasteiger partial charge is 0.462 e. The molecule has 0 aliphatic carbocycles. The first kappa shape index (κ1) is 11.9. The number of carbonyl (C=O) groups excluding carboxylic acids is 1. The number of halogens is 1. The SMILES string of the molecule is Nc1c(F)cccc1C(=O)OCC1CCOC1. The van der Waals surface area contributed by atoms with Crippen LogP contribution in [0.15, 0.2) is 18.2 Å². The quantitative estimate of drug-likeness (QED) is 0.643. The van der Waals surface area contributed by atoms with Gasteiger partial charge in [-0.25, -0.2) is 9.18 Å². The van der Waals surface area contributed by atoms with Crippen molar-refractivity contribution >= 4 is 11.7 Å². The molecule has 1 heterocycles. The number of hydrogen-bond acceptors (Lipinski definition) is 4. The van der Waals surface area contributed by atoms with Crippen LogP contribution in [-0.2, 0) is 9.47 Å². The van der Waals surface area contributed by atoms with Gasteiger partial charge in [-0.3, -0.25) is 0 Å². The Bertz CT molecular complexity index is 416. The van der Waals surface area contributed by atoms with Crippen LogP contribution in [-0.4, -0.2) is 25.8 Å². The summed E-state index contributed by atoms with van der Waals surface area (Å²) in [6.45, 7) is 1.59. The number of anilines is 1.